The number of anilines is 1. The quantitative estimate of drug-likeness (QED) is 0.790. The molecular weight excluding hydrogens is 364 g/mol. The number of morpholine rings is 1. The molecule has 5 nitrogen and oxygen atoms in total. The highest BCUT2D eigenvalue weighted by molar-refractivity contribution is 6.04. The highest BCUT2D eigenvalue weighted by Gasteiger charge is 2.22. The Bertz CT molecular complexity index is 739. The maximum Gasteiger partial charge on any atom is 0.255 e. The second-order valence-corrected chi connectivity index (χ2v) is 6.92. The number of hydrogen-bond acceptors (Lipinski definition) is 4. The van der Waals surface area contributed by atoms with Gasteiger partial charge in [-0.1, -0.05) is 12.1 Å². The number of amides is 1. The van der Waals surface area contributed by atoms with Gasteiger partial charge in [-0.3, -0.25) is 4.79 Å². The van der Waals surface area contributed by atoms with Crippen molar-refractivity contribution in [2.75, 3.05) is 31.6 Å². The molecule has 1 saturated carbocycles. The van der Waals surface area contributed by atoms with Crippen molar-refractivity contribution in [2.24, 2.45) is 5.92 Å². The molecule has 0 radical (unpaired) electrons. The van der Waals surface area contributed by atoms with Crippen molar-refractivity contribution >= 4 is 24.0 Å². The lowest BCUT2D eigenvalue weighted by Gasteiger charge is -2.24. The van der Waals surface area contributed by atoms with Crippen LogP contribution in [0, 0.1) is 5.92 Å². The molecule has 6 heteroatoms. The molecule has 1 heterocycles. The van der Waals surface area contributed by atoms with Gasteiger partial charge in [0.15, 0.2) is 0 Å². The minimum absolute atomic E-state index is 0. The fraction of sp³-hybridized carbons (Fsp3) is 0.381. The van der Waals surface area contributed by atoms with Gasteiger partial charge < -0.3 is 20.1 Å². The molecule has 1 amide bonds. The van der Waals surface area contributed by atoms with Gasteiger partial charge in [0.2, 0.25) is 0 Å². The van der Waals surface area contributed by atoms with Gasteiger partial charge in [0.05, 0.1) is 19.3 Å². The molecule has 0 bridgehead atoms. The third kappa shape index (κ3) is 5.45. The van der Waals surface area contributed by atoms with Crippen molar-refractivity contribution in [2.45, 2.75) is 18.9 Å². The maximum absolute atomic E-state index is 12.4. The van der Waals surface area contributed by atoms with Gasteiger partial charge in [0, 0.05) is 24.3 Å². The van der Waals surface area contributed by atoms with Crippen LogP contribution in [0.25, 0.3) is 0 Å². The van der Waals surface area contributed by atoms with Gasteiger partial charge >= 0.3 is 0 Å². The predicted molar refractivity (Wildman–Crippen MR) is 108 cm³/mol. The first-order chi connectivity index (χ1) is 12.8. The Morgan fingerprint density at radius 2 is 1.85 bits per heavy atom. The zero-order chi connectivity index (χ0) is 17.8. The van der Waals surface area contributed by atoms with Crippen LogP contribution in [0.15, 0.2) is 48.5 Å². The molecule has 1 unspecified atom stereocenters. The number of rotatable bonds is 6. The molecule has 144 valence electrons. The first kappa shape index (κ1) is 19.7. The Morgan fingerprint density at radius 3 is 2.48 bits per heavy atom. The average molecular weight is 389 g/mol. The van der Waals surface area contributed by atoms with Crippen molar-refractivity contribution in [1.29, 1.82) is 0 Å². The SMILES string of the molecule is Cl.O=C(Nc1ccc(C2CNCCO2)cc1)c1ccc(OCC2CC2)cc1. The average Bonchev–Trinajstić information content (AvgIpc) is 3.52. The molecule has 0 aromatic heterocycles. The molecule has 0 spiro atoms. The Kier molecular flexibility index (Phi) is 6.72. The first-order valence-corrected chi connectivity index (χ1v) is 9.24. The number of carbonyl (C=O) groups is 1. The summed E-state index contributed by atoms with van der Waals surface area (Å²) in [6, 6.07) is 15.1. The van der Waals surface area contributed by atoms with Crippen LogP contribution in [0.4, 0.5) is 5.69 Å². The number of carbonyl (C=O) groups excluding carboxylic acids is 1. The zero-order valence-electron chi connectivity index (χ0n) is 15.1. The summed E-state index contributed by atoms with van der Waals surface area (Å²) in [7, 11) is 0. The molecule has 2 aliphatic rings. The van der Waals surface area contributed by atoms with Crippen molar-refractivity contribution in [3.63, 3.8) is 0 Å². The molecule has 1 aliphatic heterocycles. The van der Waals surface area contributed by atoms with Crippen molar-refractivity contribution in [1.82, 2.24) is 5.32 Å². The molecule has 4 rings (SSSR count). The number of benzene rings is 2. The summed E-state index contributed by atoms with van der Waals surface area (Å²) in [5, 5.41) is 6.25. The third-order valence-electron chi connectivity index (χ3n) is 4.77. The topological polar surface area (TPSA) is 59.6 Å². The second kappa shape index (κ2) is 9.22. The molecular formula is C21H25ClN2O3. The summed E-state index contributed by atoms with van der Waals surface area (Å²) in [5.41, 5.74) is 2.51. The van der Waals surface area contributed by atoms with Crippen LogP contribution in [0.5, 0.6) is 5.75 Å². The van der Waals surface area contributed by atoms with Gasteiger partial charge in [-0.05, 0) is 60.7 Å². The summed E-state index contributed by atoms with van der Waals surface area (Å²) in [6.45, 7) is 3.22. The highest BCUT2D eigenvalue weighted by atomic mass is 35.5. The van der Waals surface area contributed by atoms with E-state index in [4.69, 9.17) is 9.47 Å². The lowest BCUT2D eigenvalue weighted by Crippen LogP contribution is -2.33. The summed E-state index contributed by atoms with van der Waals surface area (Å²) < 4.78 is 11.4. The molecule has 2 fully saturated rings. The molecule has 2 N–H and O–H groups in total. The molecule has 2 aromatic rings. The predicted octanol–water partition coefficient (Wildman–Crippen LogP) is 3.81. The minimum Gasteiger partial charge on any atom is -0.493 e. The Morgan fingerprint density at radius 1 is 1.11 bits per heavy atom. The second-order valence-electron chi connectivity index (χ2n) is 6.92. The van der Waals surface area contributed by atoms with Crippen LogP contribution in [0.2, 0.25) is 0 Å². The van der Waals surface area contributed by atoms with Crippen LogP contribution in [-0.4, -0.2) is 32.2 Å². The van der Waals surface area contributed by atoms with Crippen LogP contribution >= 0.6 is 12.4 Å². The van der Waals surface area contributed by atoms with E-state index in [0.717, 1.165) is 49.2 Å². The normalized spacial score (nSPS) is 19.0. The molecule has 2 aromatic carbocycles. The Hall–Kier alpha value is -2.08. The lowest BCUT2D eigenvalue weighted by atomic mass is 10.1. The van der Waals surface area contributed by atoms with E-state index in [1.807, 2.05) is 36.4 Å². The van der Waals surface area contributed by atoms with Crippen molar-refractivity contribution in [3.8, 4) is 5.75 Å². The zero-order valence-corrected chi connectivity index (χ0v) is 16.0. The standard InChI is InChI=1S/C21H24N2O3.ClH/c24-21(17-5-9-19(10-6-17)26-14-15-1-2-15)23-18-7-3-16(4-8-18)20-13-22-11-12-25-20;/h3-10,15,20,22H,1-2,11-14H2,(H,23,24);1H. The van der Waals surface area contributed by atoms with E-state index in [2.05, 4.69) is 10.6 Å². The van der Waals surface area contributed by atoms with E-state index >= 15 is 0 Å². The van der Waals surface area contributed by atoms with E-state index in [0.29, 0.717) is 5.56 Å². The summed E-state index contributed by atoms with van der Waals surface area (Å²) >= 11 is 0. The van der Waals surface area contributed by atoms with Gasteiger partial charge in [-0.2, -0.15) is 0 Å². The van der Waals surface area contributed by atoms with Gasteiger partial charge in [-0.25, -0.2) is 0 Å². The fourth-order valence-electron chi connectivity index (χ4n) is 2.97. The fourth-order valence-corrected chi connectivity index (χ4v) is 2.97. The highest BCUT2D eigenvalue weighted by Crippen LogP contribution is 2.29. The Balaban J connectivity index is 0.00000210. The van der Waals surface area contributed by atoms with E-state index in [-0.39, 0.29) is 24.4 Å². The smallest absolute Gasteiger partial charge is 0.255 e. The van der Waals surface area contributed by atoms with Crippen LogP contribution < -0.4 is 15.4 Å². The van der Waals surface area contributed by atoms with E-state index in [1.165, 1.54) is 12.8 Å². The number of ether oxygens (including phenoxy) is 2. The lowest BCUT2D eigenvalue weighted by molar-refractivity contribution is 0.0277. The number of hydrogen-bond donors (Lipinski definition) is 2. The molecule has 1 atom stereocenters. The molecule has 1 aliphatic carbocycles. The van der Waals surface area contributed by atoms with Gasteiger partial charge in [0.25, 0.3) is 5.91 Å². The van der Waals surface area contributed by atoms with E-state index in [9.17, 15) is 4.79 Å². The van der Waals surface area contributed by atoms with Crippen LogP contribution in [-0.2, 0) is 4.74 Å². The molecule has 27 heavy (non-hydrogen) atoms. The Labute approximate surface area is 165 Å². The van der Waals surface area contributed by atoms with Crippen LogP contribution in [0.1, 0.15) is 34.9 Å². The van der Waals surface area contributed by atoms with Crippen molar-refractivity contribution in [3.05, 3.63) is 59.7 Å². The summed E-state index contributed by atoms with van der Waals surface area (Å²) in [6.07, 6.45) is 2.61. The number of halogens is 1. The largest absolute Gasteiger partial charge is 0.493 e. The van der Waals surface area contributed by atoms with Gasteiger partial charge in [0.1, 0.15) is 5.75 Å². The first-order valence-electron chi connectivity index (χ1n) is 9.24. The van der Waals surface area contributed by atoms with E-state index in [1.54, 1.807) is 12.1 Å². The maximum atomic E-state index is 12.4. The number of nitrogens with one attached hydrogen (secondary N) is 2. The summed E-state index contributed by atoms with van der Waals surface area (Å²) in [4.78, 5) is 12.4. The monoisotopic (exact) mass is 388 g/mol. The molecule has 1 saturated heterocycles. The summed E-state index contributed by atoms with van der Waals surface area (Å²) in [5.74, 6) is 1.41. The van der Waals surface area contributed by atoms with Crippen LogP contribution in [0.3, 0.4) is 0 Å². The minimum atomic E-state index is -0.123. The van der Waals surface area contributed by atoms with Crippen molar-refractivity contribution < 1.29 is 14.3 Å². The third-order valence-corrected chi connectivity index (χ3v) is 4.77. The van der Waals surface area contributed by atoms with Gasteiger partial charge in [-0.15, -0.1) is 12.4 Å². The van der Waals surface area contributed by atoms with E-state index < -0.39 is 0 Å².